The summed E-state index contributed by atoms with van der Waals surface area (Å²) in [6.45, 7) is 5.19. The van der Waals surface area contributed by atoms with E-state index in [1.807, 2.05) is 0 Å². The summed E-state index contributed by atoms with van der Waals surface area (Å²) < 4.78 is 11.1. The van der Waals surface area contributed by atoms with E-state index in [4.69, 9.17) is 9.47 Å². The zero-order chi connectivity index (χ0) is 37.0. The maximum absolute atomic E-state index is 12.2. The second-order valence-corrected chi connectivity index (χ2v) is 14.0. The van der Waals surface area contributed by atoms with Crippen LogP contribution in [0.15, 0.2) is 72.9 Å². The number of esters is 1. The van der Waals surface area contributed by atoms with Crippen molar-refractivity contribution in [1.82, 2.24) is 0 Å². The molecule has 294 valence electrons. The molecule has 1 N–H and O–H groups in total. The standard InChI is InChI=1S/C47H82O4/c1-3-5-7-9-11-13-15-17-19-20-21-22-23-24-25-26-27-29-31-33-35-37-39-41-43-50-45-46(44-48)51-47(49)42-40-38-36-34-32-30-28-18-16-14-12-10-8-6-4-2/h5,7,11,13,17,19,21-22,24-25,27,29,46,48H,3-4,6,8-10,12,14-16,18,20,23,26,28,30-45H2,1-2H3/b7-5-,13-11-,19-17-,22-21-,25-24-,29-27-. The second kappa shape index (κ2) is 44.0. The van der Waals surface area contributed by atoms with Gasteiger partial charge in [0.1, 0.15) is 6.10 Å². The van der Waals surface area contributed by atoms with E-state index in [0.717, 1.165) is 70.6 Å². The highest BCUT2D eigenvalue weighted by atomic mass is 16.6. The maximum Gasteiger partial charge on any atom is 0.306 e. The van der Waals surface area contributed by atoms with Gasteiger partial charge in [-0.15, -0.1) is 0 Å². The molecule has 0 aliphatic heterocycles. The predicted molar refractivity (Wildman–Crippen MR) is 223 cm³/mol. The van der Waals surface area contributed by atoms with Gasteiger partial charge in [0.25, 0.3) is 0 Å². The largest absolute Gasteiger partial charge is 0.457 e. The number of hydrogen-bond donors (Lipinski definition) is 1. The molecule has 0 radical (unpaired) electrons. The highest BCUT2D eigenvalue weighted by molar-refractivity contribution is 5.69. The van der Waals surface area contributed by atoms with Crippen molar-refractivity contribution in [1.29, 1.82) is 0 Å². The number of unbranched alkanes of at least 4 members (excludes halogenated alkanes) is 19. The third kappa shape index (κ3) is 42.1. The molecule has 0 spiro atoms. The highest BCUT2D eigenvalue weighted by Crippen LogP contribution is 2.14. The van der Waals surface area contributed by atoms with Crippen LogP contribution in [0.4, 0.5) is 0 Å². The van der Waals surface area contributed by atoms with E-state index in [9.17, 15) is 9.90 Å². The molecule has 0 rings (SSSR count). The molecule has 0 bridgehead atoms. The van der Waals surface area contributed by atoms with E-state index in [1.165, 1.54) is 103 Å². The molecule has 0 saturated carbocycles. The lowest BCUT2D eigenvalue weighted by Gasteiger charge is -2.15. The fourth-order valence-electron chi connectivity index (χ4n) is 5.86. The van der Waals surface area contributed by atoms with Crippen LogP contribution in [0.1, 0.15) is 194 Å². The normalized spacial score (nSPS) is 13.1. The lowest BCUT2D eigenvalue weighted by molar-refractivity contribution is -0.154. The van der Waals surface area contributed by atoms with Crippen molar-refractivity contribution in [2.75, 3.05) is 19.8 Å². The van der Waals surface area contributed by atoms with Crippen molar-refractivity contribution in [3.63, 3.8) is 0 Å². The summed E-state index contributed by atoms with van der Waals surface area (Å²) >= 11 is 0. The predicted octanol–water partition coefficient (Wildman–Crippen LogP) is 14.2. The molecule has 0 saturated heterocycles. The Morgan fingerprint density at radius 1 is 0.490 bits per heavy atom. The first kappa shape index (κ1) is 48.8. The second-order valence-electron chi connectivity index (χ2n) is 14.0. The highest BCUT2D eigenvalue weighted by Gasteiger charge is 2.13. The maximum atomic E-state index is 12.2. The van der Waals surface area contributed by atoms with Crippen LogP contribution in [0.3, 0.4) is 0 Å². The summed E-state index contributed by atoms with van der Waals surface area (Å²) in [7, 11) is 0. The van der Waals surface area contributed by atoms with Gasteiger partial charge in [-0.3, -0.25) is 4.79 Å². The van der Waals surface area contributed by atoms with Crippen LogP contribution in [0.5, 0.6) is 0 Å². The lowest BCUT2D eigenvalue weighted by atomic mass is 10.0. The number of hydrogen-bond acceptors (Lipinski definition) is 4. The van der Waals surface area contributed by atoms with Gasteiger partial charge in [0.2, 0.25) is 0 Å². The van der Waals surface area contributed by atoms with Crippen molar-refractivity contribution in [3.05, 3.63) is 72.9 Å². The molecule has 1 unspecified atom stereocenters. The van der Waals surface area contributed by atoms with Crippen molar-refractivity contribution >= 4 is 5.97 Å². The Hall–Kier alpha value is -2.17. The molecule has 51 heavy (non-hydrogen) atoms. The average Bonchev–Trinajstić information content (AvgIpc) is 3.14. The molecular formula is C47H82O4. The zero-order valence-corrected chi connectivity index (χ0v) is 33.6. The first-order chi connectivity index (χ1) is 25.2. The third-order valence-electron chi connectivity index (χ3n) is 9.05. The number of allylic oxidation sites excluding steroid dienone is 12. The Kier molecular flexibility index (Phi) is 42.1. The minimum absolute atomic E-state index is 0.181. The van der Waals surface area contributed by atoms with Crippen molar-refractivity contribution in [2.45, 2.75) is 200 Å². The Bertz CT molecular complexity index is 881. The number of ether oxygens (including phenoxy) is 2. The van der Waals surface area contributed by atoms with E-state index in [0.29, 0.717) is 13.0 Å². The number of rotatable bonds is 39. The van der Waals surface area contributed by atoms with Crippen LogP contribution >= 0.6 is 0 Å². The summed E-state index contributed by atoms with van der Waals surface area (Å²) in [6.07, 6.45) is 59.6. The fourth-order valence-corrected chi connectivity index (χ4v) is 5.86. The molecule has 0 aromatic carbocycles. The quantitative estimate of drug-likeness (QED) is 0.0392. The Morgan fingerprint density at radius 2 is 0.882 bits per heavy atom. The van der Waals surface area contributed by atoms with Crippen LogP contribution in [-0.4, -0.2) is 37.0 Å². The topological polar surface area (TPSA) is 55.8 Å². The first-order valence-electron chi connectivity index (χ1n) is 21.5. The summed E-state index contributed by atoms with van der Waals surface area (Å²) in [4.78, 5) is 12.2. The van der Waals surface area contributed by atoms with Crippen LogP contribution < -0.4 is 0 Å². The molecule has 0 aromatic rings. The van der Waals surface area contributed by atoms with Crippen molar-refractivity contribution in [3.8, 4) is 0 Å². The summed E-state index contributed by atoms with van der Waals surface area (Å²) in [6, 6.07) is 0. The lowest BCUT2D eigenvalue weighted by Crippen LogP contribution is -2.27. The smallest absolute Gasteiger partial charge is 0.306 e. The van der Waals surface area contributed by atoms with E-state index in [2.05, 4.69) is 86.8 Å². The van der Waals surface area contributed by atoms with Gasteiger partial charge in [0.15, 0.2) is 0 Å². The zero-order valence-electron chi connectivity index (χ0n) is 33.6. The van der Waals surface area contributed by atoms with Crippen LogP contribution in [0, 0.1) is 0 Å². The first-order valence-corrected chi connectivity index (χ1v) is 21.5. The minimum atomic E-state index is -0.546. The molecule has 0 fully saturated rings. The van der Waals surface area contributed by atoms with Gasteiger partial charge in [-0.2, -0.15) is 0 Å². The molecule has 0 aliphatic carbocycles. The molecule has 0 aliphatic rings. The van der Waals surface area contributed by atoms with Gasteiger partial charge in [-0.1, -0.05) is 196 Å². The van der Waals surface area contributed by atoms with Gasteiger partial charge in [-0.05, 0) is 64.2 Å². The summed E-state index contributed by atoms with van der Waals surface area (Å²) in [5, 5.41) is 9.60. The molecule has 4 nitrogen and oxygen atoms in total. The third-order valence-corrected chi connectivity index (χ3v) is 9.05. The van der Waals surface area contributed by atoms with Gasteiger partial charge in [0, 0.05) is 13.0 Å². The molecule has 1 atom stereocenters. The molecule has 0 aromatic heterocycles. The summed E-state index contributed by atoms with van der Waals surface area (Å²) in [5.41, 5.74) is 0. The molecule has 0 amide bonds. The van der Waals surface area contributed by atoms with Crippen LogP contribution in [0.25, 0.3) is 0 Å². The van der Waals surface area contributed by atoms with Gasteiger partial charge in [-0.25, -0.2) is 0 Å². The fraction of sp³-hybridized carbons (Fsp3) is 0.723. The van der Waals surface area contributed by atoms with E-state index in [1.54, 1.807) is 0 Å². The van der Waals surface area contributed by atoms with Crippen molar-refractivity contribution in [2.24, 2.45) is 0 Å². The Morgan fingerprint density at radius 3 is 1.33 bits per heavy atom. The average molecular weight is 711 g/mol. The van der Waals surface area contributed by atoms with E-state index < -0.39 is 6.10 Å². The minimum Gasteiger partial charge on any atom is -0.457 e. The van der Waals surface area contributed by atoms with E-state index >= 15 is 0 Å². The van der Waals surface area contributed by atoms with Gasteiger partial charge < -0.3 is 14.6 Å². The molecular weight excluding hydrogens is 629 g/mol. The van der Waals surface area contributed by atoms with Crippen LogP contribution in [-0.2, 0) is 14.3 Å². The van der Waals surface area contributed by atoms with E-state index in [-0.39, 0.29) is 19.2 Å². The Balaban J connectivity index is 3.51. The SMILES string of the molecule is CC/C=C\C/C=C\C/C=C\C/C=C\C/C=C\C/C=C\CCCCCCCOCC(CO)OC(=O)CCCCCCCCCCCCCCCCC. The van der Waals surface area contributed by atoms with Gasteiger partial charge >= 0.3 is 5.97 Å². The van der Waals surface area contributed by atoms with Gasteiger partial charge in [0.05, 0.1) is 13.2 Å². The molecule has 4 heteroatoms. The molecule has 0 heterocycles. The number of carbonyl (C=O) groups is 1. The number of aliphatic hydroxyl groups excluding tert-OH is 1. The Labute approximate surface area is 317 Å². The monoisotopic (exact) mass is 711 g/mol. The van der Waals surface area contributed by atoms with Crippen molar-refractivity contribution < 1.29 is 19.4 Å². The number of carbonyl (C=O) groups excluding carboxylic acids is 1. The van der Waals surface area contributed by atoms with Crippen LogP contribution in [0.2, 0.25) is 0 Å². The summed E-state index contributed by atoms with van der Waals surface area (Å²) in [5.74, 6) is -0.209. The number of aliphatic hydroxyl groups is 1.